The molecule has 3 nitrogen and oxygen atoms in total. The van der Waals surface area contributed by atoms with E-state index in [1.54, 1.807) is 11.3 Å². The quantitative estimate of drug-likeness (QED) is 0.489. The average molecular weight is 429 g/mol. The Morgan fingerprint density at radius 1 is 0.903 bits per heavy atom. The smallest absolute Gasteiger partial charge is 0.230 e. The number of anilines is 1. The number of aryl methyl sites for hydroxylation is 1. The van der Waals surface area contributed by atoms with Gasteiger partial charge in [-0.1, -0.05) is 42.5 Å². The maximum atomic E-state index is 13.3. The summed E-state index contributed by atoms with van der Waals surface area (Å²) >= 11 is 1.73. The number of thiazole rings is 1. The number of nitrogens with one attached hydrogen (secondary N) is 1. The summed E-state index contributed by atoms with van der Waals surface area (Å²) in [4.78, 5) is 19.4. The van der Waals surface area contributed by atoms with E-state index < -0.39 is 0 Å². The zero-order valence-corrected chi connectivity index (χ0v) is 18.8. The Morgan fingerprint density at radius 3 is 2.13 bits per heavy atom. The number of benzene rings is 2. The topological polar surface area (TPSA) is 42.0 Å². The van der Waals surface area contributed by atoms with E-state index in [2.05, 4.69) is 36.5 Å². The molecular formula is C27H28N2OS. The first-order valence-corrected chi connectivity index (χ1v) is 12.3. The largest absolute Gasteiger partial charge is 0.326 e. The SMILES string of the molecule is Cc1sc(-c2ccccc2)nc1-c1ccc(NC(=O)C23CC4CC(CC(C4)C2)C3)cc1. The van der Waals surface area contributed by atoms with Gasteiger partial charge >= 0.3 is 0 Å². The molecular weight excluding hydrogens is 400 g/mol. The molecule has 4 bridgehead atoms. The number of carbonyl (C=O) groups excluding carboxylic acids is 1. The van der Waals surface area contributed by atoms with Crippen LogP contribution in [0.1, 0.15) is 43.4 Å². The summed E-state index contributed by atoms with van der Waals surface area (Å²) in [6, 6.07) is 18.6. The highest BCUT2D eigenvalue weighted by atomic mass is 32.1. The molecule has 1 aromatic heterocycles. The van der Waals surface area contributed by atoms with Crippen LogP contribution in [-0.4, -0.2) is 10.9 Å². The summed E-state index contributed by atoms with van der Waals surface area (Å²) < 4.78 is 0. The van der Waals surface area contributed by atoms with Crippen LogP contribution < -0.4 is 5.32 Å². The lowest BCUT2D eigenvalue weighted by atomic mass is 9.49. The van der Waals surface area contributed by atoms with E-state index in [0.29, 0.717) is 0 Å². The zero-order chi connectivity index (χ0) is 21.0. The van der Waals surface area contributed by atoms with E-state index in [1.807, 2.05) is 30.3 Å². The first-order chi connectivity index (χ1) is 15.1. The van der Waals surface area contributed by atoms with Gasteiger partial charge in [0.25, 0.3) is 0 Å². The maximum absolute atomic E-state index is 13.3. The van der Waals surface area contributed by atoms with Crippen molar-refractivity contribution in [1.29, 1.82) is 0 Å². The molecule has 1 heterocycles. The van der Waals surface area contributed by atoms with E-state index in [9.17, 15) is 4.79 Å². The third-order valence-corrected chi connectivity index (χ3v) is 8.77. The molecule has 3 aromatic rings. The highest BCUT2D eigenvalue weighted by molar-refractivity contribution is 7.15. The number of hydrogen-bond donors (Lipinski definition) is 1. The van der Waals surface area contributed by atoms with E-state index in [1.165, 1.54) is 24.1 Å². The molecule has 0 spiro atoms. The van der Waals surface area contributed by atoms with Crippen molar-refractivity contribution in [2.75, 3.05) is 5.32 Å². The van der Waals surface area contributed by atoms with Gasteiger partial charge in [0, 0.05) is 21.7 Å². The summed E-state index contributed by atoms with van der Waals surface area (Å²) in [5, 5.41) is 4.31. The first-order valence-electron chi connectivity index (χ1n) is 11.5. The van der Waals surface area contributed by atoms with Gasteiger partial charge in [-0.25, -0.2) is 4.98 Å². The van der Waals surface area contributed by atoms with Crippen LogP contribution in [0, 0.1) is 30.1 Å². The highest BCUT2D eigenvalue weighted by Crippen LogP contribution is 2.60. The van der Waals surface area contributed by atoms with Crippen LogP contribution in [0.25, 0.3) is 21.8 Å². The molecule has 4 aliphatic carbocycles. The van der Waals surface area contributed by atoms with Crippen LogP contribution in [0.3, 0.4) is 0 Å². The van der Waals surface area contributed by atoms with Crippen LogP contribution in [0.2, 0.25) is 0 Å². The van der Waals surface area contributed by atoms with Gasteiger partial charge in [-0.3, -0.25) is 4.79 Å². The fraction of sp³-hybridized carbons (Fsp3) is 0.407. The molecule has 0 unspecified atom stereocenters. The Bertz CT molecular complexity index is 1080. The molecule has 1 amide bonds. The maximum Gasteiger partial charge on any atom is 0.230 e. The molecule has 4 fully saturated rings. The van der Waals surface area contributed by atoms with Crippen LogP contribution in [0.4, 0.5) is 5.69 Å². The Balaban J connectivity index is 1.20. The monoisotopic (exact) mass is 428 g/mol. The van der Waals surface area contributed by atoms with Crippen molar-refractivity contribution >= 4 is 22.9 Å². The third-order valence-electron chi connectivity index (χ3n) is 7.75. The number of aromatic nitrogens is 1. The van der Waals surface area contributed by atoms with Gasteiger partial charge in [0.05, 0.1) is 11.1 Å². The Hall–Kier alpha value is -2.46. The number of amides is 1. The van der Waals surface area contributed by atoms with Gasteiger partial charge < -0.3 is 5.32 Å². The lowest BCUT2D eigenvalue weighted by molar-refractivity contribution is -0.140. The molecule has 4 heteroatoms. The first kappa shape index (κ1) is 19.2. The van der Waals surface area contributed by atoms with Crippen molar-refractivity contribution in [3.8, 4) is 21.8 Å². The second-order valence-corrected chi connectivity index (χ2v) is 11.2. The summed E-state index contributed by atoms with van der Waals surface area (Å²) in [6.07, 6.45) is 7.38. The van der Waals surface area contributed by atoms with Crippen molar-refractivity contribution in [3.05, 3.63) is 59.5 Å². The molecule has 0 atom stereocenters. The number of carbonyl (C=O) groups is 1. The Kier molecular flexibility index (Phi) is 4.53. The summed E-state index contributed by atoms with van der Waals surface area (Å²) in [5.74, 6) is 2.61. The zero-order valence-electron chi connectivity index (χ0n) is 17.9. The summed E-state index contributed by atoms with van der Waals surface area (Å²) in [5.41, 5.74) is 4.08. The van der Waals surface area contributed by atoms with E-state index in [-0.39, 0.29) is 11.3 Å². The summed E-state index contributed by atoms with van der Waals surface area (Å²) in [6.45, 7) is 2.13. The van der Waals surface area contributed by atoms with Gasteiger partial charge in [0.1, 0.15) is 5.01 Å². The second-order valence-electron chi connectivity index (χ2n) is 10.0. The summed E-state index contributed by atoms with van der Waals surface area (Å²) in [7, 11) is 0. The van der Waals surface area contributed by atoms with E-state index >= 15 is 0 Å². The number of nitrogens with zero attached hydrogens (tertiary/aromatic N) is 1. The minimum atomic E-state index is -0.108. The highest BCUT2D eigenvalue weighted by Gasteiger charge is 2.54. The molecule has 158 valence electrons. The molecule has 0 aliphatic heterocycles. The predicted molar refractivity (Wildman–Crippen MR) is 127 cm³/mol. The fourth-order valence-electron chi connectivity index (χ4n) is 6.73. The van der Waals surface area contributed by atoms with Gasteiger partial charge in [0.2, 0.25) is 5.91 Å². The van der Waals surface area contributed by atoms with Crippen molar-refractivity contribution in [2.24, 2.45) is 23.2 Å². The van der Waals surface area contributed by atoms with Gasteiger partial charge in [0.15, 0.2) is 0 Å². The lowest BCUT2D eigenvalue weighted by Gasteiger charge is -2.55. The molecule has 1 N–H and O–H groups in total. The van der Waals surface area contributed by atoms with Crippen molar-refractivity contribution in [2.45, 2.75) is 45.4 Å². The molecule has 4 saturated carbocycles. The second kappa shape index (κ2) is 7.30. The molecule has 2 aromatic carbocycles. The Labute approximate surface area is 187 Å². The van der Waals surface area contributed by atoms with Crippen molar-refractivity contribution in [3.63, 3.8) is 0 Å². The van der Waals surface area contributed by atoms with Gasteiger partial charge in [-0.2, -0.15) is 0 Å². The van der Waals surface area contributed by atoms with Crippen molar-refractivity contribution < 1.29 is 4.79 Å². The van der Waals surface area contributed by atoms with E-state index in [4.69, 9.17) is 4.98 Å². The fourth-order valence-corrected chi connectivity index (χ4v) is 7.67. The molecule has 31 heavy (non-hydrogen) atoms. The lowest BCUT2D eigenvalue weighted by Crippen LogP contribution is -2.51. The normalized spacial score (nSPS) is 28.6. The van der Waals surface area contributed by atoms with Crippen molar-refractivity contribution in [1.82, 2.24) is 4.98 Å². The van der Waals surface area contributed by atoms with Gasteiger partial charge in [-0.05, 0) is 75.3 Å². The minimum Gasteiger partial charge on any atom is -0.326 e. The van der Waals surface area contributed by atoms with Crippen LogP contribution in [-0.2, 0) is 4.79 Å². The number of hydrogen-bond acceptors (Lipinski definition) is 3. The number of rotatable bonds is 4. The van der Waals surface area contributed by atoms with Crippen LogP contribution in [0.15, 0.2) is 54.6 Å². The van der Waals surface area contributed by atoms with Crippen LogP contribution in [0.5, 0.6) is 0 Å². The third kappa shape index (κ3) is 3.41. The Morgan fingerprint density at radius 2 is 1.52 bits per heavy atom. The standard InChI is InChI=1S/C27H28N2OS/c1-17-24(29-25(31-17)22-5-3-2-4-6-22)21-7-9-23(10-8-21)28-26(30)27-14-18-11-19(15-27)13-20(12-18)16-27/h2-10,18-20H,11-16H2,1H3,(H,28,30). The van der Waals surface area contributed by atoms with Gasteiger partial charge in [-0.15, -0.1) is 11.3 Å². The van der Waals surface area contributed by atoms with E-state index in [0.717, 1.165) is 64.5 Å². The molecule has 4 aliphatic rings. The minimum absolute atomic E-state index is 0.108. The molecule has 0 saturated heterocycles. The average Bonchev–Trinajstić information content (AvgIpc) is 3.16. The molecule has 7 rings (SSSR count). The molecule has 0 radical (unpaired) electrons. The predicted octanol–water partition coefficient (Wildman–Crippen LogP) is 6.94. The van der Waals surface area contributed by atoms with Crippen LogP contribution >= 0.6 is 11.3 Å².